The van der Waals surface area contributed by atoms with Gasteiger partial charge in [-0.3, -0.25) is 9.59 Å². The van der Waals surface area contributed by atoms with Crippen LogP contribution in [0.5, 0.6) is 0 Å². The number of rotatable bonds is 6. The van der Waals surface area contributed by atoms with Crippen LogP contribution in [0.25, 0.3) is 0 Å². The van der Waals surface area contributed by atoms with Gasteiger partial charge in [-0.2, -0.15) is 0 Å². The number of carbonyl (C=O) groups is 3. The van der Waals surface area contributed by atoms with E-state index in [0.717, 1.165) is 25.0 Å². The summed E-state index contributed by atoms with van der Waals surface area (Å²) < 4.78 is 4.44. The predicted molar refractivity (Wildman–Crippen MR) is 95.6 cm³/mol. The van der Waals surface area contributed by atoms with Crippen LogP contribution < -0.4 is 10.6 Å². The first kappa shape index (κ1) is 19.0. The lowest BCUT2D eigenvalue weighted by molar-refractivity contribution is -0.135. The summed E-state index contributed by atoms with van der Waals surface area (Å²) in [5.74, 6) is -0.971. The zero-order valence-electron chi connectivity index (χ0n) is 14.4. The molecular formula is C18H21ClN2O4. The molecule has 1 atom stereocenters. The van der Waals surface area contributed by atoms with Gasteiger partial charge in [-0.1, -0.05) is 11.6 Å². The molecule has 1 aliphatic rings. The number of carbonyl (C=O) groups excluding carboxylic acids is 3. The molecule has 1 aromatic rings. The number of aryl methyl sites for hydroxylation is 1. The summed E-state index contributed by atoms with van der Waals surface area (Å²) in [5.41, 5.74) is 1.30. The maximum Gasteiger partial charge on any atom is 0.330 e. The van der Waals surface area contributed by atoms with Crippen LogP contribution in [0.1, 0.15) is 35.7 Å². The molecule has 2 N–H and O–H groups in total. The number of anilines is 1. The maximum absolute atomic E-state index is 12.6. The number of halogens is 1. The molecule has 1 saturated carbocycles. The molecule has 0 bridgehead atoms. The summed E-state index contributed by atoms with van der Waals surface area (Å²) in [6.07, 6.45) is 4.28. The Morgan fingerprint density at radius 3 is 2.56 bits per heavy atom. The van der Waals surface area contributed by atoms with Crippen molar-refractivity contribution in [3.05, 3.63) is 40.4 Å². The van der Waals surface area contributed by atoms with Gasteiger partial charge in [0.1, 0.15) is 0 Å². The summed E-state index contributed by atoms with van der Waals surface area (Å²) >= 11 is 6.07. The molecule has 0 radical (unpaired) electrons. The van der Waals surface area contributed by atoms with E-state index in [0.29, 0.717) is 22.2 Å². The lowest BCUT2D eigenvalue weighted by Gasteiger charge is -2.17. The second kappa shape index (κ2) is 8.16. The summed E-state index contributed by atoms with van der Waals surface area (Å²) in [5, 5.41) is 5.98. The van der Waals surface area contributed by atoms with Gasteiger partial charge < -0.3 is 15.4 Å². The Hall–Kier alpha value is -2.34. The van der Waals surface area contributed by atoms with Crippen molar-refractivity contribution in [2.75, 3.05) is 12.4 Å². The molecule has 2 rings (SSSR count). The molecule has 1 unspecified atom stereocenters. The van der Waals surface area contributed by atoms with Crippen LogP contribution in [0.15, 0.2) is 24.3 Å². The van der Waals surface area contributed by atoms with E-state index in [1.807, 2.05) is 6.92 Å². The van der Waals surface area contributed by atoms with Crippen molar-refractivity contribution in [2.24, 2.45) is 5.92 Å². The highest BCUT2D eigenvalue weighted by molar-refractivity contribution is 6.31. The van der Waals surface area contributed by atoms with Crippen molar-refractivity contribution in [2.45, 2.75) is 32.7 Å². The SMILES string of the molecule is COC(=O)/C=C/C(=O)Nc1c(C)cc(Cl)cc1C(=O)NC(C)C1CC1. The van der Waals surface area contributed by atoms with E-state index in [1.54, 1.807) is 13.0 Å². The van der Waals surface area contributed by atoms with E-state index in [2.05, 4.69) is 15.4 Å². The first-order valence-corrected chi connectivity index (χ1v) is 8.37. The maximum atomic E-state index is 12.6. The molecule has 1 aliphatic carbocycles. The van der Waals surface area contributed by atoms with E-state index in [4.69, 9.17) is 11.6 Å². The van der Waals surface area contributed by atoms with Crippen molar-refractivity contribution in [1.82, 2.24) is 5.32 Å². The number of esters is 1. The van der Waals surface area contributed by atoms with Crippen LogP contribution in [0, 0.1) is 12.8 Å². The number of ether oxygens (including phenoxy) is 1. The van der Waals surface area contributed by atoms with Crippen LogP contribution in [0.2, 0.25) is 5.02 Å². The summed E-state index contributed by atoms with van der Waals surface area (Å²) in [4.78, 5) is 35.7. The Morgan fingerprint density at radius 2 is 1.96 bits per heavy atom. The number of methoxy groups -OCH3 is 1. The van der Waals surface area contributed by atoms with E-state index < -0.39 is 11.9 Å². The van der Waals surface area contributed by atoms with Gasteiger partial charge in [0.2, 0.25) is 5.91 Å². The fourth-order valence-corrected chi connectivity index (χ4v) is 2.74. The zero-order chi connectivity index (χ0) is 18.6. The van der Waals surface area contributed by atoms with Crippen LogP contribution in [0.4, 0.5) is 5.69 Å². The van der Waals surface area contributed by atoms with Gasteiger partial charge in [0.05, 0.1) is 18.4 Å². The van der Waals surface area contributed by atoms with Crippen LogP contribution >= 0.6 is 11.6 Å². The number of benzene rings is 1. The Morgan fingerprint density at radius 1 is 1.28 bits per heavy atom. The van der Waals surface area contributed by atoms with Gasteiger partial charge in [0.25, 0.3) is 5.91 Å². The van der Waals surface area contributed by atoms with Crippen LogP contribution in [0.3, 0.4) is 0 Å². The summed E-state index contributed by atoms with van der Waals surface area (Å²) in [6, 6.07) is 3.24. The van der Waals surface area contributed by atoms with Gasteiger partial charge in [-0.25, -0.2) is 4.79 Å². The lowest BCUT2D eigenvalue weighted by atomic mass is 10.1. The summed E-state index contributed by atoms with van der Waals surface area (Å²) in [7, 11) is 1.22. The number of hydrogen-bond donors (Lipinski definition) is 2. The van der Waals surface area contributed by atoms with Crippen molar-refractivity contribution < 1.29 is 19.1 Å². The van der Waals surface area contributed by atoms with Crippen molar-refractivity contribution in [3.8, 4) is 0 Å². The van der Waals surface area contributed by atoms with Gasteiger partial charge in [-0.15, -0.1) is 0 Å². The number of amides is 2. The molecular weight excluding hydrogens is 344 g/mol. The molecule has 6 nitrogen and oxygen atoms in total. The van der Waals surface area contributed by atoms with Crippen molar-refractivity contribution in [1.29, 1.82) is 0 Å². The Labute approximate surface area is 151 Å². The molecule has 0 aliphatic heterocycles. The molecule has 25 heavy (non-hydrogen) atoms. The van der Waals surface area contributed by atoms with Crippen molar-refractivity contribution in [3.63, 3.8) is 0 Å². The smallest absolute Gasteiger partial charge is 0.330 e. The average molecular weight is 365 g/mol. The van der Waals surface area contributed by atoms with Crippen LogP contribution in [-0.4, -0.2) is 30.9 Å². The highest BCUT2D eigenvalue weighted by atomic mass is 35.5. The first-order valence-electron chi connectivity index (χ1n) is 7.99. The first-order chi connectivity index (χ1) is 11.8. The molecule has 0 aromatic heterocycles. The van der Waals surface area contributed by atoms with E-state index in [-0.39, 0.29) is 17.5 Å². The quantitative estimate of drug-likeness (QED) is 0.600. The van der Waals surface area contributed by atoms with Gasteiger partial charge in [0.15, 0.2) is 0 Å². The largest absolute Gasteiger partial charge is 0.466 e. The normalized spacial score (nSPS) is 14.9. The van der Waals surface area contributed by atoms with Gasteiger partial charge >= 0.3 is 5.97 Å². The molecule has 1 fully saturated rings. The zero-order valence-corrected chi connectivity index (χ0v) is 15.1. The van der Waals surface area contributed by atoms with Gasteiger partial charge in [0, 0.05) is 23.2 Å². The Kier molecular flexibility index (Phi) is 6.20. The average Bonchev–Trinajstić information content (AvgIpc) is 3.39. The standard InChI is InChI=1S/C18H21ClN2O4/c1-10-8-13(19)9-14(18(24)20-11(2)12-4-5-12)17(10)21-15(22)6-7-16(23)25-3/h6-9,11-12H,4-5H2,1-3H3,(H,20,24)(H,21,22)/b7-6+. The minimum Gasteiger partial charge on any atom is -0.466 e. The Bertz CT molecular complexity index is 726. The molecule has 0 spiro atoms. The predicted octanol–water partition coefficient (Wildman–Crippen LogP) is 2.84. The lowest BCUT2D eigenvalue weighted by Crippen LogP contribution is -2.34. The molecule has 134 valence electrons. The fourth-order valence-electron chi connectivity index (χ4n) is 2.46. The molecule has 7 heteroatoms. The van der Waals surface area contributed by atoms with Gasteiger partial charge in [-0.05, 0) is 50.3 Å². The highest BCUT2D eigenvalue weighted by Crippen LogP contribution is 2.33. The fraction of sp³-hybridized carbons (Fsp3) is 0.389. The highest BCUT2D eigenvalue weighted by Gasteiger charge is 2.29. The summed E-state index contributed by atoms with van der Waals surface area (Å²) in [6.45, 7) is 3.71. The Balaban J connectivity index is 2.21. The number of nitrogens with one attached hydrogen (secondary N) is 2. The van der Waals surface area contributed by atoms with Crippen molar-refractivity contribution >= 4 is 35.1 Å². The molecule has 1 aromatic carbocycles. The third-order valence-corrected chi connectivity index (χ3v) is 4.27. The molecule has 2 amide bonds. The minimum atomic E-state index is -0.640. The van der Waals surface area contributed by atoms with Crippen LogP contribution in [-0.2, 0) is 14.3 Å². The number of hydrogen-bond acceptors (Lipinski definition) is 4. The second-order valence-electron chi connectivity index (χ2n) is 6.09. The monoisotopic (exact) mass is 364 g/mol. The third-order valence-electron chi connectivity index (χ3n) is 4.05. The van der Waals surface area contributed by atoms with E-state index in [1.165, 1.54) is 13.2 Å². The van der Waals surface area contributed by atoms with E-state index >= 15 is 0 Å². The third kappa shape index (κ3) is 5.32. The molecule has 0 heterocycles. The molecule has 0 saturated heterocycles. The topological polar surface area (TPSA) is 84.5 Å². The second-order valence-corrected chi connectivity index (χ2v) is 6.53. The minimum absolute atomic E-state index is 0.0644. The van der Waals surface area contributed by atoms with E-state index in [9.17, 15) is 14.4 Å².